The van der Waals surface area contributed by atoms with Gasteiger partial charge < -0.3 is 14.5 Å². The maximum Gasteiger partial charge on any atom is 0.105 e. The molecule has 0 saturated carbocycles. The summed E-state index contributed by atoms with van der Waals surface area (Å²) in [7, 11) is 2.12. The van der Waals surface area contributed by atoms with E-state index < -0.39 is 0 Å². The summed E-state index contributed by atoms with van der Waals surface area (Å²) in [6.45, 7) is 6.63. The Morgan fingerprint density at radius 1 is 1.56 bits per heavy atom. The zero-order valence-corrected chi connectivity index (χ0v) is 10.0. The molecule has 4 heteroatoms. The topological polar surface area (TPSA) is 37.6 Å². The number of hydrogen-bond donors (Lipinski definition) is 1. The highest BCUT2D eigenvalue weighted by Gasteiger charge is 2.16. The van der Waals surface area contributed by atoms with E-state index in [0.29, 0.717) is 6.10 Å². The van der Waals surface area contributed by atoms with Crippen molar-refractivity contribution in [2.45, 2.75) is 19.6 Å². The van der Waals surface area contributed by atoms with Gasteiger partial charge in [-0.3, -0.25) is 4.90 Å². The molecule has 1 unspecified atom stereocenters. The normalized spacial score (nSPS) is 21.6. The Bertz CT molecular complexity index is 319. The minimum absolute atomic E-state index is 0.311. The number of morpholine rings is 1. The zero-order valence-electron chi connectivity index (χ0n) is 10.0. The van der Waals surface area contributed by atoms with E-state index in [0.717, 1.165) is 38.5 Å². The summed E-state index contributed by atoms with van der Waals surface area (Å²) in [6, 6.07) is 2.03. The smallest absolute Gasteiger partial charge is 0.105 e. The van der Waals surface area contributed by atoms with Gasteiger partial charge in [-0.15, -0.1) is 0 Å². The van der Waals surface area contributed by atoms with Gasteiger partial charge in [0.05, 0.1) is 19.0 Å². The second-order valence-electron chi connectivity index (χ2n) is 4.40. The second-order valence-corrected chi connectivity index (χ2v) is 4.40. The molecular formula is C12H20N2O2. The van der Waals surface area contributed by atoms with Gasteiger partial charge in [0.15, 0.2) is 0 Å². The largest absolute Gasteiger partial charge is 0.469 e. The van der Waals surface area contributed by atoms with Crippen LogP contribution in [-0.4, -0.2) is 44.3 Å². The SMILES string of the molecule is Cc1occc1CN(C)CC1CNCCO1. The summed E-state index contributed by atoms with van der Waals surface area (Å²) in [5, 5.41) is 3.34. The molecule has 1 aliphatic rings. The maximum absolute atomic E-state index is 5.67. The van der Waals surface area contributed by atoms with Crippen molar-refractivity contribution in [3.8, 4) is 0 Å². The number of nitrogens with zero attached hydrogens (tertiary/aromatic N) is 1. The number of aryl methyl sites for hydroxylation is 1. The molecule has 0 aliphatic carbocycles. The van der Waals surface area contributed by atoms with Crippen molar-refractivity contribution < 1.29 is 9.15 Å². The van der Waals surface area contributed by atoms with Crippen LogP contribution in [0.4, 0.5) is 0 Å². The van der Waals surface area contributed by atoms with E-state index in [-0.39, 0.29) is 0 Å². The van der Waals surface area contributed by atoms with E-state index >= 15 is 0 Å². The number of furan rings is 1. The van der Waals surface area contributed by atoms with Crippen molar-refractivity contribution in [3.63, 3.8) is 0 Å². The molecule has 2 heterocycles. The van der Waals surface area contributed by atoms with E-state index in [1.54, 1.807) is 6.26 Å². The first-order valence-electron chi connectivity index (χ1n) is 5.79. The fourth-order valence-electron chi connectivity index (χ4n) is 2.02. The molecule has 2 rings (SSSR count). The zero-order chi connectivity index (χ0) is 11.4. The minimum atomic E-state index is 0.311. The standard InChI is InChI=1S/C12H20N2O2/c1-10-11(3-5-15-10)8-14(2)9-12-7-13-4-6-16-12/h3,5,12-13H,4,6-9H2,1-2H3. The molecule has 1 aliphatic heterocycles. The monoisotopic (exact) mass is 224 g/mol. The first-order valence-corrected chi connectivity index (χ1v) is 5.79. The predicted molar refractivity (Wildman–Crippen MR) is 62.4 cm³/mol. The molecule has 90 valence electrons. The molecule has 1 aromatic heterocycles. The maximum atomic E-state index is 5.67. The Morgan fingerprint density at radius 2 is 2.44 bits per heavy atom. The van der Waals surface area contributed by atoms with Crippen LogP contribution in [0.1, 0.15) is 11.3 Å². The summed E-state index contributed by atoms with van der Waals surface area (Å²) in [6.07, 6.45) is 2.06. The van der Waals surface area contributed by atoms with Gasteiger partial charge in [-0.05, 0) is 20.0 Å². The lowest BCUT2D eigenvalue weighted by atomic mass is 10.2. The van der Waals surface area contributed by atoms with E-state index in [4.69, 9.17) is 9.15 Å². The molecule has 0 spiro atoms. The highest BCUT2D eigenvalue weighted by atomic mass is 16.5. The average Bonchev–Trinajstić information content (AvgIpc) is 2.66. The van der Waals surface area contributed by atoms with Gasteiger partial charge in [-0.1, -0.05) is 0 Å². The summed E-state index contributed by atoms with van der Waals surface area (Å²) in [5.41, 5.74) is 1.26. The Morgan fingerprint density at radius 3 is 3.06 bits per heavy atom. The van der Waals surface area contributed by atoms with Gasteiger partial charge >= 0.3 is 0 Å². The van der Waals surface area contributed by atoms with Gasteiger partial charge in [0.25, 0.3) is 0 Å². The van der Waals surface area contributed by atoms with Gasteiger partial charge in [0, 0.05) is 31.7 Å². The molecule has 0 amide bonds. The van der Waals surface area contributed by atoms with Crippen molar-refractivity contribution in [1.29, 1.82) is 0 Å². The van der Waals surface area contributed by atoms with Crippen molar-refractivity contribution >= 4 is 0 Å². The van der Waals surface area contributed by atoms with Gasteiger partial charge in [-0.2, -0.15) is 0 Å². The van der Waals surface area contributed by atoms with Crippen LogP contribution in [0.3, 0.4) is 0 Å². The van der Waals surface area contributed by atoms with Crippen molar-refractivity contribution in [2.24, 2.45) is 0 Å². The minimum Gasteiger partial charge on any atom is -0.469 e. The summed E-state index contributed by atoms with van der Waals surface area (Å²) >= 11 is 0. The van der Waals surface area contributed by atoms with Crippen LogP contribution in [0.15, 0.2) is 16.7 Å². The fraction of sp³-hybridized carbons (Fsp3) is 0.667. The predicted octanol–water partition coefficient (Wildman–Crippen LogP) is 1.01. The quantitative estimate of drug-likeness (QED) is 0.828. The second kappa shape index (κ2) is 5.48. The Kier molecular flexibility index (Phi) is 3.98. The van der Waals surface area contributed by atoms with E-state index in [9.17, 15) is 0 Å². The number of ether oxygens (including phenoxy) is 1. The van der Waals surface area contributed by atoms with Crippen molar-refractivity contribution in [3.05, 3.63) is 23.7 Å². The third kappa shape index (κ3) is 3.07. The van der Waals surface area contributed by atoms with Crippen LogP contribution < -0.4 is 5.32 Å². The summed E-state index contributed by atoms with van der Waals surface area (Å²) in [5.74, 6) is 1.01. The molecule has 0 bridgehead atoms. The van der Waals surface area contributed by atoms with Gasteiger partial charge in [0.2, 0.25) is 0 Å². The number of hydrogen-bond acceptors (Lipinski definition) is 4. The van der Waals surface area contributed by atoms with Crippen molar-refractivity contribution in [1.82, 2.24) is 10.2 Å². The molecule has 1 fully saturated rings. The fourth-order valence-corrected chi connectivity index (χ4v) is 2.02. The lowest BCUT2D eigenvalue weighted by Gasteiger charge is -2.27. The van der Waals surface area contributed by atoms with Crippen LogP contribution in [0, 0.1) is 6.92 Å². The summed E-state index contributed by atoms with van der Waals surface area (Å²) < 4.78 is 11.0. The number of nitrogens with one attached hydrogen (secondary N) is 1. The molecule has 16 heavy (non-hydrogen) atoms. The Labute approximate surface area is 96.6 Å². The van der Waals surface area contributed by atoms with E-state index in [1.165, 1.54) is 5.56 Å². The van der Waals surface area contributed by atoms with Gasteiger partial charge in [0.1, 0.15) is 5.76 Å². The molecule has 0 aromatic carbocycles. The number of likely N-dealkylation sites (N-methyl/N-ethyl adjacent to an activating group) is 1. The number of rotatable bonds is 4. The summed E-state index contributed by atoms with van der Waals surface area (Å²) in [4.78, 5) is 2.27. The molecule has 1 N–H and O–H groups in total. The van der Waals surface area contributed by atoms with Gasteiger partial charge in [-0.25, -0.2) is 0 Å². The molecule has 1 atom stereocenters. The molecule has 1 saturated heterocycles. The Hall–Kier alpha value is -0.840. The lowest BCUT2D eigenvalue weighted by Crippen LogP contribution is -2.44. The van der Waals surface area contributed by atoms with Crippen molar-refractivity contribution in [2.75, 3.05) is 33.3 Å². The third-order valence-electron chi connectivity index (χ3n) is 2.93. The first-order chi connectivity index (χ1) is 7.75. The lowest BCUT2D eigenvalue weighted by molar-refractivity contribution is 0.00879. The molecule has 1 aromatic rings. The third-order valence-corrected chi connectivity index (χ3v) is 2.93. The first kappa shape index (κ1) is 11.6. The average molecular weight is 224 g/mol. The molecule has 0 radical (unpaired) electrons. The van der Waals surface area contributed by atoms with Crippen LogP contribution >= 0.6 is 0 Å². The molecule has 4 nitrogen and oxygen atoms in total. The highest BCUT2D eigenvalue weighted by Crippen LogP contribution is 2.11. The Balaban J connectivity index is 1.79. The van der Waals surface area contributed by atoms with E-state index in [2.05, 4.69) is 17.3 Å². The highest BCUT2D eigenvalue weighted by molar-refractivity contribution is 5.14. The van der Waals surface area contributed by atoms with E-state index in [1.807, 2.05) is 13.0 Å². The van der Waals surface area contributed by atoms with Crippen LogP contribution in [0.5, 0.6) is 0 Å². The van der Waals surface area contributed by atoms with Crippen LogP contribution in [0.2, 0.25) is 0 Å². The molecular weight excluding hydrogens is 204 g/mol. The van der Waals surface area contributed by atoms with Crippen LogP contribution in [-0.2, 0) is 11.3 Å². The van der Waals surface area contributed by atoms with Crippen LogP contribution in [0.25, 0.3) is 0 Å².